The van der Waals surface area contributed by atoms with Crippen molar-refractivity contribution in [2.45, 2.75) is 17.7 Å². The summed E-state index contributed by atoms with van der Waals surface area (Å²) in [5, 5.41) is 2.54. The standard InChI is InChI=1S/C17H16BrN3O3S/c18-11-9-12(17(24)19-10-11)20-15(22)5-6-16(23)21-7-8-25-14-4-2-1-3-13(14)21/h1-4,9-10H,5-8H2,(H,19,24)(H,20,22). The number of anilines is 2. The molecule has 6 nitrogen and oxygen atoms in total. The number of aromatic nitrogens is 1. The minimum Gasteiger partial charge on any atom is -0.326 e. The molecule has 0 bridgehead atoms. The summed E-state index contributed by atoms with van der Waals surface area (Å²) in [6.07, 6.45) is 1.61. The van der Waals surface area contributed by atoms with Crippen LogP contribution in [0.5, 0.6) is 0 Å². The summed E-state index contributed by atoms with van der Waals surface area (Å²) in [5.74, 6) is 0.380. The Morgan fingerprint density at radius 2 is 2.08 bits per heavy atom. The van der Waals surface area contributed by atoms with E-state index < -0.39 is 0 Å². The van der Waals surface area contributed by atoms with Gasteiger partial charge in [-0.2, -0.15) is 0 Å². The molecule has 1 aliphatic heterocycles. The first kappa shape index (κ1) is 17.8. The molecule has 0 saturated carbocycles. The van der Waals surface area contributed by atoms with Gasteiger partial charge in [0.15, 0.2) is 0 Å². The molecule has 25 heavy (non-hydrogen) atoms. The molecular weight excluding hydrogens is 406 g/mol. The van der Waals surface area contributed by atoms with Crippen molar-refractivity contribution < 1.29 is 9.59 Å². The van der Waals surface area contributed by atoms with Crippen LogP contribution in [0.4, 0.5) is 11.4 Å². The number of H-pyrrole nitrogens is 1. The molecule has 0 saturated heterocycles. The number of hydrogen-bond donors (Lipinski definition) is 2. The van der Waals surface area contributed by atoms with Gasteiger partial charge in [0.25, 0.3) is 5.56 Å². The number of carbonyl (C=O) groups is 2. The number of pyridine rings is 1. The van der Waals surface area contributed by atoms with Crippen molar-refractivity contribution in [1.29, 1.82) is 0 Å². The maximum atomic E-state index is 12.5. The lowest BCUT2D eigenvalue weighted by atomic mass is 10.2. The van der Waals surface area contributed by atoms with E-state index in [0.717, 1.165) is 16.3 Å². The average Bonchev–Trinajstić information content (AvgIpc) is 2.62. The van der Waals surface area contributed by atoms with Crippen molar-refractivity contribution in [3.05, 3.63) is 51.4 Å². The molecule has 130 valence electrons. The fraction of sp³-hybridized carbons (Fsp3) is 0.235. The number of hydrogen-bond acceptors (Lipinski definition) is 4. The van der Waals surface area contributed by atoms with Crippen molar-refractivity contribution in [3.63, 3.8) is 0 Å². The Morgan fingerprint density at radius 3 is 2.92 bits per heavy atom. The summed E-state index contributed by atoms with van der Waals surface area (Å²) in [5.41, 5.74) is 0.670. The smallest absolute Gasteiger partial charge is 0.271 e. The number of carbonyl (C=O) groups excluding carboxylic acids is 2. The number of benzene rings is 1. The molecule has 2 aromatic rings. The van der Waals surface area contributed by atoms with Crippen LogP contribution in [0.15, 0.2) is 50.7 Å². The summed E-state index contributed by atoms with van der Waals surface area (Å²) in [4.78, 5) is 41.5. The molecule has 3 rings (SSSR count). The van der Waals surface area contributed by atoms with Crippen LogP contribution in [0.25, 0.3) is 0 Å². The number of amides is 2. The van der Waals surface area contributed by atoms with Gasteiger partial charge in [-0.15, -0.1) is 11.8 Å². The van der Waals surface area contributed by atoms with E-state index in [0.29, 0.717) is 11.0 Å². The first-order chi connectivity index (χ1) is 12.0. The molecule has 8 heteroatoms. The Hall–Kier alpha value is -2.06. The normalized spacial score (nSPS) is 13.2. The highest BCUT2D eigenvalue weighted by Crippen LogP contribution is 2.34. The maximum Gasteiger partial charge on any atom is 0.271 e. The second-order valence-corrected chi connectivity index (χ2v) is 7.52. The van der Waals surface area contributed by atoms with Gasteiger partial charge in [-0.25, -0.2) is 0 Å². The summed E-state index contributed by atoms with van der Waals surface area (Å²) in [6.45, 7) is 0.632. The van der Waals surface area contributed by atoms with E-state index >= 15 is 0 Å². The topological polar surface area (TPSA) is 82.3 Å². The second-order valence-electron chi connectivity index (χ2n) is 5.47. The third-order valence-electron chi connectivity index (χ3n) is 3.74. The van der Waals surface area contributed by atoms with Gasteiger partial charge in [-0.1, -0.05) is 12.1 Å². The largest absolute Gasteiger partial charge is 0.326 e. The second kappa shape index (κ2) is 7.88. The molecule has 0 spiro atoms. The SMILES string of the molecule is O=C(CCC(=O)N1CCSc2ccccc21)Nc1cc(Br)c[nH]c1=O. The minimum absolute atomic E-state index is 0.0244. The predicted molar refractivity (Wildman–Crippen MR) is 102 cm³/mol. The molecule has 0 unspecified atom stereocenters. The van der Waals surface area contributed by atoms with Crippen molar-refractivity contribution in [1.82, 2.24) is 4.98 Å². The molecule has 1 aromatic heterocycles. The van der Waals surface area contributed by atoms with Crippen LogP contribution in [-0.4, -0.2) is 29.1 Å². The van der Waals surface area contributed by atoms with Crippen LogP contribution in [0.2, 0.25) is 0 Å². The fourth-order valence-electron chi connectivity index (χ4n) is 2.55. The average molecular weight is 422 g/mol. The van der Waals surface area contributed by atoms with Crippen molar-refractivity contribution in [3.8, 4) is 0 Å². The van der Waals surface area contributed by atoms with Crippen LogP contribution in [0, 0.1) is 0 Å². The van der Waals surface area contributed by atoms with E-state index in [9.17, 15) is 14.4 Å². The molecule has 0 fully saturated rings. The Balaban J connectivity index is 1.60. The van der Waals surface area contributed by atoms with Gasteiger partial charge in [0.1, 0.15) is 5.69 Å². The number of rotatable bonds is 4. The Bertz CT molecular complexity index is 868. The first-order valence-corrected chi connectivity index (χ1v) is 9.53. The molecule has 0 radical (unpaired) electrons. The highest BCUT2D eigenvalue weighted by molar-refractivity contribution is 9.10. The first-order valence-electron chi connectivity index (χ1n) is 7.75. The number of aromatic amines is 1. The maximum absolute atomic E-state index is 12.5. The van der Waals surface area contributed by atoms with Crippen LogP contribution >= 0.6 is 27.7 Å². The monoisotopic (exact) mass is 421 g/mol. The lowest BCUT2D eigenvalue weighted by molar-refractivity contribution is -0.122. The number of halogens is 1. The number of para-hydroxylation sites is 1. The van der Waals surface area contributed by atoms with E-state index in [1.807, 2.05) is 24.3 Å². The number of nitrogens with one attached hydrogen (secondary N) is 2. The van der Waals surface area contributed by atoms with Gasteiger partial charge in [-0.3, -0.25) is 14.4 Å². The minimum atomic E-state index is -0.384. The molecule has 2 N–H and O–H groups in total. The van der Waals surface area contributed by atoms with Gasteiger partial charge < -0.3 is 15.2 Å². The molecule has 1 aliphatic rings. The highest BCUT2D eigenvalue weighted by atomic mass is 79.9. The zero-order valence-electron chi connectivity index (χ0n) is 13.3. The fourth-order valence-corrected chi connectivity index (χ4v) is 3.88. The third kappa shape index (κ3) is 4.32. The van der Waals surface area contributed by atoms with Gasteiger partial charge in [0.05, 0.1) is 5.69 Å². The third-order valence-corrected chi connectivity index (χ3v) is 5.24. The van der Waals surface area contributed by atoms with Crippen molar-refractivity contribution >= 4 is 50.9 Å². The predicted octanol–water partition coefficient (Wildman–Crippen LogP) is 3.00. The Kier molecular flexibility index (Phi) is 5.60. The summed E-state index contributed by atoms with van der Waals surface area (Å²) < 4.78 is 0.654. The molecular formula is C17H16BrN3O3S. The summed E-state index contributed by atoms with van der Waals surface area (Å²) in [7, 11) is 0. The molecule has 0 aliphatic carbocycles. The quantitative estimate of drug-likeness (QED) is 0.794. The molecule has 2 amide bonds. The van der Waals surface area contributed by atoms with Gasteiger partial charge in [0.2, 0.25) is 11.8 Å². The van der Waals surface area contributed by atoms with Crippen LogP contribution in [0.1, 0.15) is 12.8 Å². The van der Waals surface area contributed by atoms with E-state index in [4.69, 9.17) is 0 Å². The lowest BCUT2D eigenvalue weighted by Gasteiger charge is -2.29. The zero-order chi connectivity index (χ0) is 17.8. The van der Waals surface area contributed by atoms with Crippen molar-refractivity contribution in [2.75, 3.05) is 22.5 Å². The van der Waals surface area contributed by atoms with Crippen LogP contribution in [-0.2, 0) is 9.59 Å². The van der Waals surface area contributed by atoms with Gasteiger partial charge in [0, 0.05) is 40.7 Å². The number of nitrogens with zero attached hydrogens (tertiary/aromatic N) is 1. The Labute approximate surface area is 157 Å². The summed E-state index contributed by atoms with van der Waals surface area (Å²) in [6, 6.07) is 9.28. The van der Waals surface area contributed by atoms with E-state index in [1.165, 1.54) is 12.3 Å². The molecule has 2 heterocycles. The lowest BCUT2D eigenvalue weighted by Crippen LogP contribution is -2.35. The van der Waals surface area contributed by atoms with Gasteiger partial charge in [-0.05, 0) is 34.1 Å². The number of thioether (sulfide) groups is 1. The summed E-state index contributed by atoms with van der Waals surface area (Å²) >= 11 is 4.95. The molecule has 0 atom stereocenters. The van der Waals surface area contributed by atoms with E-state index in [2.05, 4.69) is 26.2 Å². The van der Waals surface area contributed by atoms with Crippen molar-refractivity contribution in [2.24, 2.45) is 0 Å². The molecule has 1 aromatic carbocycles. The van der Waals surface area contributed by atoms with E-state index in [1.54, 1.807) is 16.7 Å². The van der Waals surface area contributed by atoms with Crippen LogP contribution < -0.4 is 15.8 Å². The Morgan fingerprint density at radius 1 is 1.28 bits per heavy atom. The zero-order valence-corrected chi connectivity index (χ0v) is 15.7. The highest BCUT2D eigenvalue weighted by Gasteiger charge is 2.23. The van der Waals surface area contributed by atoms with Crippen LogP contribution in [0.3, 0.4) is 0 Å². The van der Waals surface area contributed by atoms with Gasteiger partial charge >= 0.3 is 0 Å². The van der Waals surface area contributed by atoms with E-state index in [-0.39, 0.29) is 35.9 Å². The number of fused-ring (bicyclic) bond motifs is 1.